The van der Waals surface area contributed by atoms with Crippen molar-refractivity contribution in [1.29, 1.82) is 0 Å². The topological polar surface area (TPSA) is 92.8 Å². The summed E-state index contributed by atoms with van der Waals surface area (Å²) in [6.45, 7) is 6.52. The minimum Gasteiger partial charge on any atom is -0.452 e. The average Bonchev–Trinajstić information content (AvgIpc) is 3.15. The van der Waals surface area contributed by atoms with Crippen LogP contribution in [0.4, 0.5) is 0 Å². The standard InChI is InChI=1S/C18H26N2O5S/c1-13(2)14(3)19-17(21)12-25-18(22)15-6-8-16(9-7-15)26(23,24)20-10-4-5-11-20/h6-9,13-14H,4-5,10-12H2,1-3H3,(H,19,21)/t14-/m1/s1. The molecule has 1 aliphatic rings. The van der Waals surface area contributed by atoms with Gasteiger partial charge in [0.2, 0.25) is 10.0 Å². The molecule has 1 N–H and O–H groups in total. The van der Waals surface area contributed by atoms with Gasteiger partial charge in [0.05, 0.1) is 10.5 Å². The van der Waals surface area contributed by atoms with E-state index < -0.39 is 16.0 Å². The fraction of sp³-hybridized carbons (Fsp3) is 0.556. The van der Waals surface area contributed by atoms with E-state index in [4.69, 9.17) is 4.74 Å². The Morgan fingerprint density at radius 3 is 2.23 bits per heavy atom. The Hall–Kier alpha value is -1.93. The second-order valence-corrected chi connectivity index (χ2v) is 8.75. The minimum atomic E-state index is -3.51. The van der Waals surface area contributed by atoms with Gasteiger partial charge in [0.25, 0.3) is 5.91 Å². The number of sulfonamides is 1. The first kappa shape index (κ1) is 20.4. The zero-order valence-electron chi connectivity index (χ0n) is 15.4. The van der Waals surface area contributed by atoms with Crippen LogP contribution < -0.4 is 5.32 Å². The molecule has 2 rings (SSSR count). The Balaban J connectivity index is 1.93. The van der Waals surface area contributed by atoms with Crippen LogP contribution in [-0.2, 0) is 19.6 Å². The van der Waals surface area contributed by atoms with Gasteiger partial charge in [-0.3, -0.25) is 4.79 Å². The van der Waals surface area contributed by atoms with Crippen LogP contribution in [-0.4, -0.2) is 50.3 Å². The summed E-state index contributed by atoms with van der Waals surface area (Å²) in [5.74, 6) is -0.755. The molecule has 0 unspecified atom stereocenters. The zero-order chi connectivity index (χ0) is 19.3. The van der Waals surface area contributed by atoms with E-state index >= 15 is 0 Å². The highest BCUT2D eigenvalue weighted by molar-refractivity contribution is 7.89. The van der Waals surface area contributed by atoms with Crippen molar-refractivity contribution < 1.29 is 22.7 Å². The highest BCUT2D eigenvalue weighted by atomic mass is 32.2. The lowest BCUT2D eigenvalue weighted by Gasteiger charge is -2.17. The van der Waals surface area contributed by atoms with Gasteiger partial charge in [0, 0.05) is 19.1 Å². The Morgan fingerprint density at radius 1 is 1.12 bits per heavy atom. The van der Waals surface area contributed by atoms with E-state index in [1.807, 2.05) is 20.8 Å². The van der Waals surface area contributed by atoms with Crippen molar-refractivity contribution in [3.05, 3.63) is 29.8 Å². The number of nitrogens with one attached hydrogen (secondary N) is 1. The van der Waals surface area contributed by atoms with Crippen molar-refractivity contribution in [2.45, 2.75) is 44.6 Å². The molecule has 1 aromatic rings. The second-order valence-electron chi connectivity index (χ2n) is 6.81. The van der Waals surface area contributed by atoms with E-state index in [-0.39, 0.29) is 34.9 Å². The first-order valence-electron chi connectivity index (χ1n) is 8.78. The maximum Gasteiger partial charge on any atom is 0.338 e. The molecule has 1 aliphatic heterocycles. The molecule has 0 saturated carbocycles. The molecule has 1 fully saturated rings. The Kier molecular flexibility index (Phi) is 6.77. The molecule has 8 heteroatoms. The summed E-state index contributed by atoms with van der Waals surface area (Å²) in [4.78, 5) is 23.9. The van der Waals surface area contributed by atoms with Gasteiger partial charge in [-0.05, 0) is 49.9 Å². The van der Waals surface area contributed by atoms with Crippen molar-refractivity contribution in [2.24, 2.45) is 5.92 Å². The average molecular weight is 382 g/mol. The lowest BCUT2D eigenvalue weighted by atomic mass is 10.1. The molecule has 0 bridgehead atoms. The Morgan fingerprint density at radius 2 is 1.69 bits per heavy atom. The Bertz CT molecular complexity index is 737. The molecular weight excluding hydrogens is 356 g/mol. The number of amides is 1. The number of esters is 1. The van der Waals surface area contributed by atoms with E-state index in [1.165, 1.54) is 28.6 Å². The monoisotopic (exact) mass is 382 g/mol. The third-order valence-electron chi connectivity index (χ3n) is 4.52. The zero-order valence-corrected chi connectivity index (χ0v) is 16.2. The fourth-order valence-corrected chi connectivity index (χ4v) is 4.03. The van der Waals surface area contributed by atoms with Crippen LogP contribution in [0.2, 0.25) is 0 Å². The summed E-state index contributed by atoms with van der Waals surface area (Å²) < 4.78 is 31.3. The fourth-order valence-electron chi connectivity index (χ4n) is 2.52. The molecule has 1 amide bonds. The molecule has 1 saturated heterocycles. The molecule has 0 spiro atoms. The molecule has 0 radical (unpaired) electrons. The van der Waals surface area contributed by atoms with Crippen LogP contribution in [0.15, 0.2) is 29.2 Å². The minimum absolute atomic E-state index is 0.0173. The lowest BCUT2D eigenvalue weighted by molar-refractivity contribution is -0.125. The van der Waals surface area contributed by atoms with Gasteiger partial charge in [-0.15, -0.1) is 0 Å². The van der Waals surface area contributed by atoms with Crippen molar-refractivity contribution in [1.82, 2.24) is 9.62 Å². The van der Waals surface area contributed by atoms with Gasteiger partial charge in [0.1, 0.15) is 0 Å². The number of hydrogen-bond donors (Lipinski definition) is 1. The molecule has 1 heterocycles. The molecule has 26 heavy (non-hydrogen) atoms. The normalized spacial score (nSPS) is 16.5. The smallest absolute Gasteiger partial charge is 0.338 e. The van der Waals surface area contributed by atoms with Crippen LogP contribution in [0, 0.1) is 5.92 Å². The summed E-state index contributed by atoms with van der Waals surface area (Å²) in [7, 11) is -3.51. The predicted octanol–water partition coefficient (Wildman–Crippen LogP) is 1.79. The van der Waals surface area contributed by atoms with Crippen molar-refractivity contribution >= 4 is 21.9 Å². The van der Waals surface area contributed by atoms with E-state index in [0.717, 1.165) is 12.8 Å². The molecule has 1 aromatic carbocycles. The highest BCUT2D eigenvalue weighted by Gasteiger charge is 2.27. The SMILES string of the molecule is CC(C)[C@@H](C)NC(=O)COC(=O)c1ccc(S(=O)(=O)N2CCCC2)cc1. The summed E-state index contributed by atoms with van der Waals surface area (Å²) >= 11 is 0. The first-order chi connectivity index (χ1) is 12.2. The summed E-state index contributed by atoms with van der Waals surface area (Å²) in [5.41, 5.74) is 0.204. The number of rotatable bonds is 7. The van der Waals surface area contributed by atoms with E-state index in [0.29, 0.717) is 13.1 Å². The molecule has 1 atom stereocenters. The van der Waals surface area contributed by atoms with Gasteiger partial charge < -0.3 is 10.1 Å². The highest BCUT2D eigenvalue weighted by Crippen LogP contribution is 2.21. The largest absolute Gasteiger partial charge is 0.452 e. The van der Waals surface area contributed by atoms with Crippen LogP contribution in [0.1, 0.15) is 44.0 Å². The number of carbonyl (C=O) groups excluding carboxylic acids is 2. The third-order valence-corrected chi connectivity index (χ3v) is 6.43. The molecule has 7 nitrogen and oxygen atoms in total. The third kappa shape index (κ3) is 5.04. The number of nitrogens with zero attached hydrogens (tertiary/aromatic N) is 1. The lowest BCUT2D eigenvalue weighted by Crippen LogP contribution is -2.38. The van der Waals surface area contributed by atoms with Crippen LogP contribution in [0.3, 0.4) is 0 Å². The van der Waals surface area contributed by atoms with Crippen molar-refractivity contribution in [3.63, 3.8) is 0 Å². The molecular formula is C18H26N2O5S. The van der Waals surface area contributed by atoms with Gasteiger partial charge in [0.15, 0.2) is 6.61 Å². The molecule has 144 valence electrons. The maximum absolute atomic E-state index is 12.4. The van der Waals surface area contributed by atoms with Crippen molar-refractivity contribution in [3.8, 4) is 0 Å². The quantitative estimate of drug-likeness (QED) is 0.726. The predicted molar refractivity (Wildman–Crippen MR) is 97.2 cm³/mol. The summed E-state index contributed by atoms with van der Waals surface area (Å²) in [6.07, 6.45) is 1.72. The van der Waals surface area contributed by atoms with Crippen molar-refractivity contribution in [2.75, 3.05) is 19.7 Å². The maximum atomic E-state index is 12.4. The van der Waals surface area contributed by atoms with Crippen LogP contribution in [0.25, 0.3) is 0 Å². The molecule has 0 aliphatic carbocycles. The number of hydrogen-bond acceptors (Lipinski definition) is 5. The van der Waals surface area contributed by atoms with E-state index in [2.05, 4.69) is 5.32 Å². The van der Waals surface area contributed by atoms with E-state index in [9.17, 15) is 18.0 Å². The van der Waals surface area contributed by atoms with Crippen LogP contribution in [0.5, 0.6) is 0 Å². The number of benzene rings is 1. The Labute approximate surface area is 154 Å². The van der Waals surface area contributed by atoms with Crippen LogP contribution >= 0.6 is 0 Å². The number of carbonyl (C=O) groups is 2. The van der Waals surface area contributed by atoms with E-state index in [1.54, 1.807) is 0 Å². The van der Waals surface area contributed by atoms with Gasteiger partial charge in [-0.1, -0.05) is 13.8 Å². The summed E-state index contributed by atoms with van der Waals surface area (Å²) in [6, 6.07) is 5.58. The second kappa shape index (κ2) is 8.64. The van der Waals surface area contributed by atoms with Gasteiger partial charge in [-0.25, -0.2) is 13.2 Å². The summed E-state index contributed by atoms with van der Waals surface area (Å²) in [5, 5.41) is 2.75. The van der Waals surface area contributed by atoms with Gasteiger partial charge >= 0.3 is 5.97 Å². The van der Waals surface area contributed by atoms with Gasteiger partial charge in [-0.2, -0.15) is 4.31 Å². The number of ether oxygens (including phenoxy) is 1. The molecule has 0 aromatic heterocycles. The first-order valence-corrected chi connectivity index (χ1v) is 10.2.